The molecule has 2 nitrogen and oxygen atoms in total. The van der Waals surface area contributed by atoms with Crippen molar-refractivity contribution in [2.75, 3.05) is 6.54 Å². The molecule has 2 aliphatic heterocycles. The van der Waals surface area contributed by atoms with E-state index in [0.29, 0.717) is 6.04 Å². The predicted molar refractivity (Wildman–Crippen MR) is 53.6 cm³/mol. The molecule has 0 radical (unpaired) electrons. The van der Waals surface area contributed by atoms with Gasteiger partial charge in [0.05, 0.1) is 0 Å². The molecule has 2 N–H and O–H groups in total. The van der Waals surface area contributed by atoms with Crippen molar-refractivity contribution < 1.29 is 0 Å². The number of rotatable bonds is 1. The van der Waals surface area contributed by atoms with Gasteiger partial charge in [0.2, 0.25) is 0 Å². The molecule has 0 aromatic rings. The number of piperidine rings is 1. The summed E-state index contributed by atoms with van der Waals surface area (Å²) in [6, 6.07) is 2.15. The molecule has 0 amide bonds. The Hall–Kier alpha value is 0.210. The summed E-state index contributed by atoms with van der Waals surface area (Å²) in [5, 5.41) is 0. The maximum absolute atomic E-state index is 5.95. The highest BCUT2D eigenvalue weighted by Crippen LogP contribution is 2.34. The van der Waals surface area contributed by atoms with Gasteiger partial charge in [-0.15, -0.1) is 12.4 Å². The second-order valence-electron chi connectivity index (χ2n) is 3.95. The second-order valence-corrected chi connectivity index (χ2v) is 3.95. The van der Waals surface area contributed by atoms with Gasteiger partial charge in [-0.05, 0) is 32.2 Å². The molecule has 2 atom stereocenters. The lowest BCUT2D eigenvalue weighted by Crippen LogP contribution is -2.47. The third kappa shape index (κ3) is 1.61. The average molecular weight is 191 g/mol. The van der Waals surface area contributed by atoms with E-state index in [9.17, 15) is 0 Å². The van der Waals surface area contributed by atoms with Crippen LogP contribution in [0, 0.1) is 0 Å². The van der Waals surface area contributed by atoms with Crippen molar-refractivity contribution in [1.29, 1.82) is 0 Å². The highest BCUT2D eigenvalue weighted by atomic mass is 35.5. The molecule has 2 aliphatic rings. The van der Waals surface area contributed by atoms with Crippen molar-refractivity contribution in [2.24, 2.45) is 5.73 Å². The number of halogens is 1. The first-order chi connectivity index (χ1) is 5.31. The molecule has 3 heteroatoms. The van der Waals surface area contributed by atoms with Crippen LogP contribution in [0.1, 0.15) is 32.6 Å². The van der Waals surface area contributed by atoms with Gasteiger partial charge < -0.3 is 5.73 Å². The number of hydrogen-bond acceptors (Lipinski definition) is 2. The van der Waals surface area contributed by atoms with Gasteiger partial charge >= 0.3 is 0 Å². The molecule has 2 bridgehead atoms. The highest BCUT2D eigenvalue weighted by molar-refractivity contribution is 5.85. The first-order valence-electron chi connectivity index (χ1n) is 4.82. The van der Waals surface area contributed by atoms with E-state index >= 15 is 0 Å². The lowest BCUT2D eigenvalue weighted by molar-refractivity contribution is 0.135. The Bertz CT molecular complexity index is 137. The van der Waals surface area contributed by atoms with Gasteiger partial charge in [0, 0.05) is 18.1 Å². The van der Waals surface area contributed by atoms with Gasteiger partial charge in [-0.25, -0.2) is 0 Å². The molecule has 2 fully saturated rings. The van der Waals surface area contributed by atoms with Crippen LogP contribution in [-0.4, -0.2) is 29.6 Å². The maximum atomic E-state index is 5.95. The third-order valence-electron chi connectivity index (χ3n) is 3.29. The standard InChI is InChI=1S/C9H18N2.ClH/c1-2-11-8-3-4-9(11)6-7(10)5-8;/h7-9H,2-6,10H2,1H3;1H. The fraction of sp³-hybridized carbons (Fsp3) is 1.00. The molecule has 2 saturated heterocycles. The van der Waals surface area contributed by atoms with Crippen molar-refractivity contribution in [3.05, 3.63) is 0 Å². The molecule has 2 rings (SSSR count). The van der Waals surface area contributed by atoms with Crippen molar-refractivity contribution in [3.8, 4) is 0 Å². The van der Waals surface area contributed by atoms with E-state index in [0.717, 1.165) is 12.1 Å². The third-order valence-corrected chi connectivity index (χ3v) is 3.29. The summed E-state index contributed by atoms with van der Waals surface area (Å²) in [7, 11) is 0. The quantitative estimate of drug-likeness (QED) is 0.677. The molecule has 0 aromatic carbocycles. The summed E-state index contributed by atoms with van der Waals surface area (Å²) in [6.45, 7) is 3.49. The maximum Gasteiger partial charge on any atom is 0.0113 e. The molecule has 72 valence electrons. The van der Waals surface area contributed by atoms with E-state index in [1.54, 1.807) is 0 Å². The van der Waals surface area contributed by atoms with Crippen LogP contribution in [0.3, 0.4) is 0 Å². The molecular weight excluding hydrogens is 172 g/mol. The summed E-state index contributed by atoms with van der Waals surface area (Å²) in [4.78, 5) is 2.64. The lowest BCUT2D eigenvalue weighted by Gasteiger charge is -2.36. The van der Waals surface area contributed by atoms with Crippen LogP contribution in [0.25, 0.3) is 0 Å². The summed E-state index contributed by atoms with van der Waals surface area (Å²) in [5.41, 5.74) is 5.95. The highest BCUT2D eigenvalue weighted by Gasteiger charge is 2.38. The van der Waals surface area contributed by atoms with Crippen LogP contribution < -0.4 is 5.73 Å². The summed E-state index contributed by atoms with van der Waals surface area (Å²) >= 11 is 0. The SMILES string of the molecule is CCN1C2CCC1CC(N)C2.Cl. The van der Waals surface area contributed by atoms with Crippen molar-refractivity contribution in [2.45, 2.75) is 50.7 Å². The van der Waals surface area contributed by atoms with Crippen LogP contribution in [0.5, 0.6) is 0 Å². The zero-order valence-corrected chi connectivity index (χ0v) is 8.52. The van der Waals surface area contributed by atoms with Crippen molar-refractivity contribution in [3.63, 3.8) is 0 Å². The Labute approximate surface area is 80.9 Å². The second kappa shape index (κ2) is 3.95. The monoisotopic (exact) mass is 190 g/mol. The molecule has 0 aliphatic carbocycles. The molecular formula is C9H19ClN2. The minimum Gasteiger partial charge on any atom is -0.328 e. The van der Waals surface area contributed by atoms with Crippen LogP contribution in [0.15, 0.2) is 0 Å². The minimum absolute atomic E-state index is 0. The molecule has 0 spiro atoms. The Kier molecular flexibility index (Phi) is 3.38. The first-order valence-corrected chi connectivity index (χ1v) is 4.82. The van der Waals surface area contributed by atoms with E-state index in [1.165, 1.54) is 32.2 Å². The van der Waals surface area contributed by atoms with Crippen LogP contribution in [0.2, 0.25) is 0 Å². The van der Waals surface area contributed by atoms with Gasteiger partial charge in [0.1, 0.15) is 0 Å². The Balaban J connectivity index is 0.000000720. The number of nitrogens with two attached hydrogens (primary N) is 1. The topological polar surface area (TPSA) is 29.3 Å². The van der Waals surface area contributed by atoms with E-state index in [-0.39, 0.29) is 12.4 Å². The minimum atomic E-state index is 0. The molecule has 2 heterocycles. The smallest absolute Gasteiger partial charge is 0.0113 e. The van der Waals surface area contributed by atoms with Crippen LogP contribution in [-0.2, 0) is 0 Å². The lowest BCUT2D eigenvalue weighted by atomic mass is 9.98. The van der Waals surface area contributed by atoms with Gasteiger partial charge in [0.25, 0.3) is 0 Å². The fourth-order valence-electron chi connectivity index (χ4n) is 2.83. The van der Waals surface area contributed by atoms with Gasteiger partial charge in [-0.1, -0.05) is 6.92 Å². The van der Waals surface area contributed by atoms with Gasteiger partial charge in [-0.3, -0.25) is 4.90 Å². The largest absolute Gasteiger partial charge is 0.328 e. The molecule has 0 aromatic heterocycles. The Morgan fingerprint density at radius 1 is 1.25 bits per heavy atom. The average Bonchev–Trinajstić information content (AvgIpc) is 2.23. The van der Waals surface area contributed by atoms with Crippen molar-refractivity contribution >= 4 is 12.4 Å². The van der Waals surface area contributed by atoms with Crippen molar-refractivity contribution in [1.82, 2.24) is 4.90 Å². The van der Waals surface area contributed by atoms with Crippen LogP contribution >= 0.6 is 12.4 Å². The summed E-state index contributed by atoms with van der Waals surface area (Å²) < 4.78 is 0. The Morgan fingerprint density at radius 2 is 1.75 bits per heavy atom. The van der Waals surface area contributed by atoms with E-state index in [2.05, 4.69) is 11.8 Å². The van der Waals surface area contributed by atoms with E-state index in [4.69, 9.17) is 5.73 Å². The summed E-state index contributed by atoms with van der Waals surface area (Å²) in [6.07, 6.45) is 5.27. The van der Waals surface area contributed by atoms with Gasteiger partial charge in [0.15, 0.2) is 0 Å². The number of hydrogen-bond donors (Lipinski definition) is 1. The predicted octanol–water partition coefficient (Wildman–Crippen LogP) is 1.38. The Morgan fingerprint density at radius 3 is 2.17 bits per heavy atom. The van der Waals surface area contributed by atoms with Gasteiger partial charge in [-0.2, -0.15) is 0 Å². The van der Waals surface area contributed by atoms with Crippen LogP contribution in [0.4, 0.5) is 0 Å². The molecule has 12 heavy (non-hydrogen) atoms. The zero-order valence-electron chi connectivity index (χ0n) is 7.70. The fourth-order valence-corrected chi connectivity index (χ4v) is 2.83. The zero-order chi connectivity index (χ0) is 7.84. The van der Waals surface area contributed by atoms with E-state index < -0.39 is 0 Å². The molecule has 2 unspecified atom stereocenters. The van der Waals surface area contributed by atoms with E-state index in [1.807, 2.05) is 0 Å². The number of fused-ring (bicyclic) bond motifs is 2. The first kappa shape index (κ1) is 10.3. The summed E-state index contributed by atoms with van der Waals surface area (Å²) in [5.74, 6) is 0. The normalized spacial score (nSPS) is 41.0. The number of nitrogens with zero attached hydrogens (tertiary/aromatic N) is 1. The molecule has 0 saturated carbocycles.